The van der Waals surface area contributed by atoms with Crippen molar-refractivity contribution in [2.45, 2.75) is 38.8 Å². The molecule has 0 spiro atoms. The molecule has 18 heavy (non-hydrogen) atoms. The van der Waals surface area contributed by atoms with Crippen LogP contribution in [0.5, 0.6) is 0 Å². The molecule has 3 nitrogen and oxygen atoms in total. The average Bonchev–Trinajstić information content (AvgIpc) is 3.24. The highest BCUT2D eigenvalue weighted by Gasteiger charge is 2.29. The Labute approximate surface area is 109 Å². The minimum Gasteiger partial charge on any atom is -0.355 e. The molecule has 0 saturated heterocycles. The van der Waals surface area contributed by atoms with Crippen LogP contribution < -0.4 is 10.6 Å². The van der Waals surface area contributed by atoms with Gasteiger partial charge in [0.15, 0.2) is 0 Å². The second-order valence-corrected chi connectivity index (χ2v) is 5.01. The maximum Gasteiger partial charge on any atom is 0.251 e. The van der Waals surface area contributed by atoms with Crippen molar-refractivity contribution in [2.75, 3.05) is 7.05 Å². The van der Waals surface area contributed by atoms with Crippen LogP contribution in [0.25, 0.3) is 0 Å². The Hall–Kier alpha value is -1.35. The topological polar surface area (TPSA) is 41.1 Å². The fourth-order valence-corrected chi connectivity index (χ4v) is 2.31. The summed E-state index contributed by atoms with van der Waals surface area (Å²) in [5.41, 5.74) is 1.96. The van der Waals surface area contributed by atoms with Crippen molar-refractivity contribution < 1.29 is 4.79 Å². The standard InChI is InChI=1S/C15H22N2O/c1-3-14(12-8-9-12)17-10-11-4-6-13(7-5-11)15(18)16-2/h4-7,12,14,17H,3,8-10H2,1-2H3,(H,16,18). The van der Waals surface area contributed by atoms with Gasteiger partial charge in [-0.25, -0.2) is 0 Å². The van der Waals surface area contributed by atoms with Crippen LogP contribution in [0.4, 0.5) is 0 Å². The maximum atomic E-state index is 11.4. The van der Waals surface area contributed by atoms with E-state index in [4.69, 9.17) is 0 Å². The second kappa shape index (κ2) is 6.01. The molecule has 0 heterocycles. The number of amides is 1. The molecular formula is C15H22N2O. The zero-order valence-electron chi connectivity index (χ0n) is 11.2. The van der Waals surface area contributed by atoms with Crippen molar-refractivity contribution in [1.29, 1.82) is 0 Å². The lowest BCUT2D eigenvalue weighted by atomic mass is 10.1. The third-order valence-corrected chi connectivity index (χ3v) is 3.64. The first kappa shape index (κ1) is 13.1. The van der Waals surface area contributed by atoms with Gasteiger partial charge in [0.25, 0.3) is 5.91 Å². The van der Waals surface area contributed by atoms with Gasteiger partial charge < -0.3 is 10.6 Å². The summed E-state index contributed by atoms with van der Waals surface area (Å²) in [6.45, 7) is 3.13. The molecule has 98 valence electrons. The Kier molecular flexibility index (Phi) is 4.37. The van der Waals surface area contributed by atoms with Crippen molar-refractivity contribution in [3.8, 4) is 0 Å². The highest BCUT2D eigenvalue weighted by atomic mass is 16.1. The number of carbonyl (C=O) groups is 1. The predicted octanol–water partition coefficient (Wildman–Crippen LogP) is 2.32. The fraction of sp³-hybridized carbons (Fsp3) is 0.533. The quantitative estimate of drug-likeness (QED) is 0.809. The molecule has 1 amide bonds. The van der Waals surface area contributed by atoms with E-state index in [0.717, 1.165) is 18.0 Å². The van der Waals surface area contributed by atoms with Gasteiger partial charge in [0.2, 0.25) is 0 Å². The van der Waals surface area contributed by atoms with E-state index >= 15 is 0 Å². The summed E-state index contributed by atoms with van der Waals surface area (Å²) >= 11 is 0. The molecule has 1 atom stereocenters. The smallest absolute Gasteiger partial charge is 0.251 e. The van der Waals surface area contributed by atoms with Gasteiger partial charge in [-0.1, -0.05) is 19.1 Å². The molecule has 1 saturated carbocycles. The Balaban J connectivity index is 1.87. The first-order valence-corrected chi connectivity index (χ1v) is 6.79. The van der Waals surface area contributed by atoms with E-state index in [9.17, 15) is 4.79 Å². The zero-order chi connectivity index (χ0) is 13.0. The molecule has 1 unspecified atom stereocenters. The van der Waals surface area contributed by atoms with Crippen LogP contribution in [0.15, 0.2) is 24.3 Å². The van der Waals surface area contributed by atoms with Crippen molar-refractivity contribution in [2.24, 2.45) is 5.92 Å². The minimum atomic E-state index is -0.0288. The van der Waals surface area contributed by atoms with Gasteiger partial charge in [-0.2, -0.15) is 0 Å². The van der Waals surface area contributed by atoms with Crippen LogP contribution in [-0.4, -0.2) is 19.0 Å². The van der Waals surface area contributed by atoms with Gasteiger partial charge in [0, 0.05) is 25.2 Å². The van der Waals surface area contributed by atoms with E-state index < -0.39 is 0 Å². The number of hydrogen-bond donors (Lipinski definition) is 2. The zero-order valence-corrected chi connectivity index (χ0v) is 11.2. The van der Waals surface area contributed by atoms with Crippen molar-refractivity contribution in [1.82, 2.24) is 10.6 Å². The van der Waals surface area contributed by atoms with Gasteiger partial charge in [0.05, 0.1) is 0 Å². The average molecular weight is 246 g/mol. The molecular weight excluding hydrogens is 224 g/mol. The lowest BCUT2D eigenvalue weighted by molar-refractivity contribution is 0.0963. The van der Waals surface area contributed by atoms with Gasteiger partial charge in [-0.3, -0.25) is 4.79 Å². The first-order valence-electron chi connectivity index (χ1n) is 6.79. The molecule has 1 fully saturated rings. The monoisotopic (exact) mass is 246 g/mol. The van der Waals surface area contributed by atoms with Gasteiger partial charge in [-0.15, -0.1) is 0 Å². The van der Waals surface area contributed by atoms with Crippen LogP contribution >= 0.6 is 0 Å². The van der Waals surface area contributed by atoms with Crippen LogP contribution in [0, 0.1) is 5.92 Å². The summed E-state index contributed by atoms with van der Waals surface area (Å²) in [4.78, 5) is 11.4. The highest BCUT2D eigenvalue weighted by Crippen LogP contribution is 2.33. The van der Waals surface area contributed by atoms with E-state index in [1.807, 2.05) is 24.3 Å². The molecule has 1 aliphatic rings. The number of carbonyl (C=O) groups excluding carboxylic acids is 1. The minimum absolute atomic E-state index is 0.0288. The lowest BCUT2D eigenvalue weighted by Crippen LogP contribution is -2.29. The Morgan fingerprint density at radius 1 is 1.33 bits per heavy atom. The Morgan fingerprint density at radius 2 is 2.00 bits per heavy atom. The third-order valence-electron chi connectivity index (χ3n) is 3.64. The predicted molar refractivity (Wildman–Crippen MR) is 73.5 cm³/mol. The molecule has 2 rings (SSSR count). The molecule has 1 aliphatic carbocycles. The van der Waals surface area contributed by atoms with Gasteiger partial charge in [-0.05, 0) is 42.9 Å². The molecule has 0 aliphatic heterocycles. The molecule has 2 N–H and O–H groups in total. The third kappa shape index (κ3) is 3.33. The fourth-order valence-electron chi connectivity index (χ4n) is 2.31. The van der Waals surface area contributed by atoms with E-state index in [-0.39, 0.29) is 5.91 Å². The van der Waals surface area contributed by atoms with E-state index in [1.54, 1.807) is 7.05 Å². The molecule has 0 bridgehead atoms. The molecule has 3 heteroatoms. The largest absolute Gasteiger partial charge is 0.355 e. The summed E-state index contributed by atoms with van der Waals surface area (Å²) in [7, 11) is 1.65. The molecule has 0 radical (unpaired) electrons. The van der Waals surface area contributed by atoms with Crippen LogP contribution in [0.1, 0.15) is 42.1 Å². The van der Waals surface area contributed by atoms with Crippen LogP contribution in [-0.2, 0) is 6.54 Å². The molecule has 1 aromatic rings. The Morgan fingerprint density at radius 3 is 2.50 bits per heavy atom. The SMILES string of the molecule is CCC(NCc1ccc(C(=O)NC)cc1)C1CC1. The lowest BCUT2D eigenvalue weighted by Gasteiger charge is -2.16. The number of hydrogen-bond acceptors (Lipinski definition) is 2. The van der Waals surface area contributed by atoms with Gasteiger partial charge in [0.1, 0.15) is 0 Å². The van der Waals surface area contributed by atoms with E-state index in [1.165, 1.54) is 24.8 Å². The first-order chi connectivity index (χ1) is 8.74. The van der Waals surface area contributed by atoms with Crippen LogP contribution in [0.2, 0.25) is 0 Å². The van der Waals surface area contributed by atoms with Crippen LogP contribution in [0.3, 0.4) is 0 Å². The summed E-state index contributed by atoms with van der Waals surface area (Å²) in [5, 5.41) is 6.24. The maximum absolute atomic E-state index is 11.4. The van der Waals surface area contributed by atoms with Crippen molar-refractivity contribution in [3.05, 3.63) is 35.4 Å². The summed E-state index contributed by atoms with van der Waals surface area (Å²) < 4.78 is 0. The number of nitrogens with one attached hydrogen (secondary N) is 2. The summed E-state index contributed by atoms with van der Waals surface area (Å²) in [5.74, 6) is 0.860. The summed E-state index contributed by atoms with van der Waals surface area (Å²) in [6.07, 6.45) is 3.95. The number of rotatable bonds is 6. The number of benzene rings is 1. The highest BCUT2D eigenvalue weighted by molar-refractivity contribution is 5.93. The van der Waals surface area contributed by atoms with Crippen molar-refractivity contribution >= 4 is 5.91 Å². The van der Waals surface area contributed by atoms with E-state index in [2.05, 4.69) is 17.6 Å². The second-order valence-electron chi connectivity index (χ2n) is 5.01. The normalized spacial score (nSPS) is 16.3. The molecule has 1 aromatic carbocycles. The molecule has 0 aromatic heterocycles. The van der Waals surface area contributed by atoms with Gasteiger partial charge >= 0.3 is 0 Å². The van der Waals surface area contributed by atoms with Crippen molar-refractivity contribution in [3.63, 3.8) is 0 Å². The Bertz CT molecular complexity index is 395. The van der Waals surface area contributed by atoms with E-state index in [0.29, 0.717) is 6.04 Å². The summed E-state index contributed by atoms with van der Waals surface area (Å²) in [6, 6.07) is 8.47.